The van der Waals surface area contributed by atoms with Crippen LogP contribution in [0.3, 0.4) is 0 Å². The third-order valence-electron chi connectivity index (χ3n) is 3.21. The molecule has 3 heteroatoms. The second kappa shape index (κ2) is 8.43. The maximum Gasteiger partial charge on any atom is 0.0459 e. The van der Waals surface area contributed by atoms with Crippen molar-refractivity contribution >= 4 is 11.8 Å². The number of thioether (sulfide) groups is 1. The van der Waals surface area contributed by atoms with Gasteiger partial charge < -0.3 is 10.4 Å². The van der Waals surface area contributed by atoms with Gasteiger partial charge in [-0.3, -0.25) is 0 Å². The van der Waals surface area contributed by atoms with E-state index in [9.17, 15) is 0 Å². The highest BCUT2D eigenvalue weighted by Gasteiger charge is 2.19. The molecule has 1 aliphatic carbocycles. The van der Waals surface area contributed by atoms with Crippen molar-refractivity contribution in [2.24, 2.45) is 5.92 Å². The standard InChI is InChI=1S/C12H25NOS/c1-2-15-9-3-8-13-12-6-4-11(10-14)5-7-12/h11-14H,2-10H2,1H3. The Kier molecular flexibility index (Phi) is 7.49. The van der Waals surface area contributed by atoms with Crippen LogP contribution in [-0.2, 0) is 0 Å². The van der Waals surface area contributed by atoms with E-state index in [1.54, 1.807) is 0 Å². The highest BCUT2D eigenvalue weighted by molar-refractivity contribution is 7.99. The van der Waals surface area contributed by atoms with Gasteiger partial charge in [0.15, 0.2) is 0 Å². The van der Waals surface area contributed by atoms with E-state index in [2.05, 4.69) is 12.2 Å². The molecule has 1 fully saturated rings. The summed E-state index contributed by atoms with van der Waals surface area (Å²) < 4.78 is 0. The quantitative estimate of drug-likeness (QED) is 0.659. The predicted molar refractivity (Wildman–Crippen MR) is 68.5 cm³/mol. The zero-order valence-electron chi connectivity index (χ0n) is 9.87. The first kappa shape index (κ1) is 13.3. The van der Waals surface area contributed by atoms with Crippen LogP contribution in [-0.4, -0.2) is 35.8 Å². The van der Waals surface area contributed by atoms with Crippen molar-refractivity contribution in [3.8, 4) is 0 Å². The fourth-order valence-electron chi connectivity index (χ4n) is 2.17. The van der Waals surface area contributed by atoms with E-state index in [-0.39, 0.29) is 0 Å². The van der Waals surface area contributed by atoms with Crippen LogP contribution in [0.15, 0.2) is 0 Å². The third kappa shape index (κ3) is 5.79. The minimum Gasteiger partial charge on any atom is -0.396 e. The van der Waals surface area contributed by atoms with E-state index >= 15 is 0 Å². The summed E-state index contributed by atoms with van der Waals surface area (Å²) in [7, 11) is 0. The molecule has 0 amide bonds. The van der Waals surface area contributed by atoms with E-state index in [0.717, 1.165) is 6.04 Å². The van der Waals surface area contributed by atoms with Gasteiger partial charge in [0.2, 0.25) is 0 Å². The predicted octanol–water partition coefficient (Wildman–Crippen LogP) is 2.27. The molecule has 0 spiro atoms. The van der Waals surface area contributed by atoms with Crippen molar-refractivity contribution in [1.29, 1.82) is 0 Å². The highest BCUT2D eigenvalue weighted by atomic mass is 32.2. The van der Waals surface area contributed by atoms with Crippen molar-refractivity contribution in [3.05, 3.63) is 0 Å². The molecule has 0 atom stereocenters. The molecule has 2 N–H and O–H groups in total. The first-order chi connectivity index (χ1) is 7.36. The van der Waals surface area contributed by atoms with Crippen molar-refractivity contribution < 1.29 is 5.11 Å². The van der Waals surface area contributed by atoms with E-state index < -0.39 is 0 Å². The lowest BCUT2D eigenvalue weighted by Gasteiger charge is -2.28. The average molecular weight is 231 g/mol. The monoisotopic (exact) mass is 231 g/mol. The second-order valence-corrected chi connectivity index (χ2v) is 5.80. The molecule has 1 rings (SSSR count). The van der Waals surface area contributed by atoms with Crippen molar-refractivity contribution in [2.75, 3.05) is 24.7 Å². The molecule has 0 radical (unpaired) electrons. The first-order valence-electron chi connectivity index (χ1n) is 6.28. The van der Waals surface area contributed by atoms with Crippen molar-refractivity contribution in [3.63, 3.8) is 0 Å². The maximum absolute atomic E-state index is 9.03. The van der Waals surface area contributed by atoms with Crippen molar-refractivity contribution in [2.45, 2.75) is 45.1 Å². The summed E-state index contributed by atoms with van der Waals surface area (Å²) >= 11 is 2.03. The van der Waals surface area contributed by atoms with Gasteiger partial charge in [0.05, 0.1) is 0 Å². The van der Waals surface area contributed by atoms with Crippen molar-refractivity contribution in [1.82, 2.24) is 5.32 Å². The summed E-state index contributed by atoms with van der Waals surface area (Å²) in [6, 6.07) is 0.722. The average Bonchev–Trinajstić information content (AvgIpc) is 2.30. The molecule has 0 aromatic heterocycles. The van der Waals surface area contributed by atoms with Gasteiger partial charge in [-0.05, 0) is 56.1 Å². The Bertz CT molecular complexity index is 147. The van der Waals surface area contributed by atoms with E-state index in [4.69, 9.17) is 5.11 Å². The van der Waals surface area contributed by atoms with Gasteiger partial charge in [0.25, 0.3) is 0 Å². The number of hydrogen-bond donors (Lipinski definition) is 2. The molecule has 15 heavy (non-hydrogen) atoms. The zero-order valence-corrected chi connectivity index (χ0v) is 10.7. The normalized spacial score (nSPS) is 26.8. The molecule has 0 heterocycles. The third-order valence-corrected chi connectivity index (χ3v) is 4.19. The minimum absolute atomic E-state index is 0.389. The fraction of sp³-hybridized carbons (Fsp3) is 1.00. The largest absolute Gasteiger partial charge is 0.396 e. The molecule has 0 unspecified atom stereocenters. The van der Waals surface area contributed by atoms with Gasteiger partial charge >= 0.3 is 0 Å². The van der Waals surface area contributed by atoms with Gasteiger partial charge in [0.1, 0.15) is 0 Å². The second-order valence-electron chi connectivity index (χ2n) is 4.40. The summed E-state index contributed by atoms with van der Waals surface area (Å²) in [5, 5.41) is 12.7. The van der Waals surface area contributed by atoms with E-state index in [1.807, 2.05) is 11.8 Å². The Balaban J connectivity index is 1.94. The molecular weight excluding hydrogens is 206 g/mol. The van der Waals surface area contributed by atoms with Crippen LogP contribution >= 0.6 is 11.8 Å². The van der Waals surface area contributed by atoms with Crippen LogP contribution in [0.4, 0.5) is 0 Å². The van der Waals surface area contributed by atoms with Gasteiger partial charge in [-0.1, -0.05) is 6.92 Å². The molecule has 0 saturated heterocycles. The van der Waals surface area contributed by atoms with Crippen LogP contribution in [0.1, 0.15) is 39.0 Å². The van der Waals surface area contributed by atoms with Gasteiger partial charge in [-0.25, -0.2) is 0 Å². The number of aliphatic hydroxyl groups excluding tert-OH is 1. The van der Waals surface area contributed by atoms with Gasteiger partial charge in [-0.2, -0.15) is 11.8 Å². The Hall–Kier alpha value is 0.270. The molecule has 0 aliphatic heterocycles. The molecule has 0 aromatic rings. The summed E-state index contributed by atoms with van der Waals surface area (Å²) in [5.74, 6) is 3.11. The summed E-state index contributed by atoms with van der Waals surface area (Å²) in [4.78, 5) is 0. The molecule has 1 aliphatic rings. The van der Waals surface area contributed by atoms with E-state index in [0.29, 0.717) is 12.5 Å². The molecule has 0 bridgehead atoms. The van der Waals surface area contributed by atoms with Crippen LogP contribution in [0.2, 0.25) is 0 Å². The Labute approximate surface area is 98.2 Å². The van der Waals surface area contributed by atoms with Gasteiger partial charge in [0, 0.05) is 12.6 Å². The highest BCUT2D eigenvalue weighted by Crippen LogP contribution is 2.23. The molecule has 90 valence electrons. The molecule has 2 nitrogen and oxygen atoms in total. The maximum atomic E-state index is 9.03. The van der Waals surface area contributed by atoms with Crippen LogP contribution < -0.4 is 5.32 Å². The van der Waals surface area contributed by atoms with Crippen LogP contribution in [0.5, 0.6) is 0 Å². The first-order valence-corrected chi connectivity index (χ1v) is 7.44. The number of aliphatic hydroxyl groups is 1. The fourth-order valence-corrected chi connectivity index (χ4v) is 2.81. The minimum atomic E-state index is 0.389. The lowest BCUT2D eigenvalue weighted by molar-refractivity contribution is 0.175. The summed E-state index contributed by atoms with van der Waals surface area (Å²) in [5.41, 5.74) is 0. The van der Waals surface area contributed by atoms with E-state index in [1.165, 1.54) is 50.2 Å². The number of rotatable bonds is 7. The topological polar surface area (TPSA) is 32.3 Å². The SMILES string of the molecule is CCSCCCNC1CCC(CO)CC1. The number of hydrogen-bond acceptors (Lipinski definition) is 3. The lowest BCUT2D eigenvalue weighted by atomic mass is 9.86. The molecular formula is C12H25NOS. The smallest absolute Gasteiger partial charge is 0.0459 e. The van der Waals surface area contributed by atoms with Crippen LogP contribution in [0, 0.1) is 5.92 Å². The number of nitrogens with one attached hydrogen (secondary N) is 1. The Morgan fingerprint density at radius 3 is 2.60 bits per heavy atom. The molecule has 0 aromatic carbocycles. The Morgan fingerprint density at radius 2 is 2.00 bits per heavy atom. The van der Waals surface area contributed by atoms with Crippen LogP contribution in [0.25, 0.3) is 0 Å². The van der Waals surface area contributed by atoms with Gasteiger partial charge in [-0.15, -0.1) is 0 Å². The summed E-state index contributed by atoms with van der Waals surface area (Å²) in [6.45, 7) is 3.77. The lowest BCUT2D eigenvalue weighted by Crippen LogP contribution is -2.34. The Morgan fingerprint density at radius 1 is 1.27 bits per heavy atom. The summed E-state index contributed by atoms with van der Waals surface area (Å²) in [6.07, 6.45) is 6.21. The zero-order chi connectivity index (χ0) is 10.9. The molecule has 1 saturated carbocycles.